The van der Waals surface area contributed by atoms with Crippen molar-refractivity contribution in [2.45, 2.75) is 19.4 Å². The summed E-state index contributed by atoms with van der Waals surface area (Å²) < 4.78 is 5.13. The number of benzene rings is 1. The molecule has 5 nitrogen and oxygen atoms in total. The van der Waals surface area contributed by atoms with Gasteiger partial charge in [-0.2, -0.15) is 0 Å². The van der Waals surface area contributed by atoms with Crippen molar-refractivity contribution in [2.75, 3.05) is 32.1 Å². The minimum absolute atomic E-state index is 0.0139. The summed E-state index contributed by atoms with van der Waals surface area (Å²) >= 11 is 0. The smallest absolute Gasteiger partial charge is 0.238 e. The summed E-state index contributed by atoms with van der Waals surface area (Å²) in [6, 6.07) is 7.52. The van der Waals surface area contributed by atoms with E-state index >= 15 is 0 Å². The summed E-state index contributed by atoms with van der Waals surface area (Å²) in [6.07, 6.45) is 1.05. The molecule has 2 rings (SSSR count). The molecule has 2 unspecified atom stereocenters. The number of ether oxygens (including phenoxy) is 1. The highest BCUT2D eigenvalue weighted by atomic mass is 16.5. The average Bonchev–Trinajstić information content (AvgIpc) is 2.43. The van der Waals surface area contributed by atoms with E-state index in [9.17, 15) is 4.79 Å². The quantitative estimate of drug-likeness (QED) is 0.870. The average molecular weight is 277 g/mol. The van der Waals surface area contributed by atoms with Crippen LogP contribution >= 0.6 is 0 Å². The topological polar surface area (TPSA) is 67.6 Å². The number of nitrogens with one attached hydrogen (secondary N) is 1. The van der Waals surface area contributed by atoms with Crippen LogP contribution in [0.4, 0.5) is 5.69 Å². The number of nitrogens with zero attached hydrogens (tertiary/aromatic N) is 1. The van der Waals surface area contributed by atoms with Crippen molar-refractivity contribution in [2.24, 2.45) is 11.7 Å². The number of piperidine rings is 1. The van der Waals surface area contributed by atoms with Crippen LogP contribution in [0.1, 0.15) is 13.3 Å². The van der Waals surface area contributed by atoms with E-state index in [1.54, 1.807) is 7.11 Å². The molecule has 1 heterocycles. The van der Waals surface area contributed by atoms with Crippen LogP contribution in [-0.4, -0.2) is 43.6 Å². The molecule has 1 aliphatic rings. The molecule has 1 aliphatic heterocycles. The molecule has 1 fully saturated rings. The summed E-state index contributed by atoms with van der Waals surface area (Å²) in [5.74, 6) is 1.25. The third-order valence-corrected chi connectivity index (χ3v) is 3.82. The summed E-state index contributed by atoms with van der Waals surface area (Å²) in [5.41, 5.74) is 6.80. The molecule has 1 aromatic carbocycles. The molecule has 5 heteroatoms. The Morgan fingerprint density at radius 1 is 1.55 bits per heavy atom. The molecule has 0 aromatic heterocycles. The van der Waals surface area contributed by atoms with Gasteiger partial charge < -0.3 is 15.8 Å². The standard InChI is InChI=1S/C15H23N3O2/c1-11-6-7-18(9-14(11)16)10-15(19)17-12-4-3-5-13(8-12)20-2/h3-5,8,11,14H,6-7,9-10,16H2,1-2H3,(H,17,19). The van der Waals surface area contributed by atoms with Gasteiger partial charge in [0, 0.05) is 24.3 Å². The second-order valence-corrected chi connectivity index (χ2v) is 5.45. The van der Waals surface area contributed by atoms with Gasteiger partial charge in [-0.05, 0) is 31.0 Å². The molecule has 1 amide bonds. The van der Waals surface area contributed by atoms with E-state index in [2.05, 4.69) is 17.1 Å². The summed E-state index contributed by atoms with van der Waals surface area (Å²) in [5, 5.41) is 2.89. The molecule has 1 saturated heterocycles. The number of anilines is 1. The SMILES string of the molecule is COc1cccc(NC(=O)CN2CCC(C)C(N)C2)c1. The molecule has 0 spiro atoms. The molecule has 110 valence electrons. The van der Waals surface area contributed by atoms with Crippen molar-refractivity contribution < 1.29 is 9.53 Å². The fourth-order valence-corrected chi connectivity index (χ4v) is 2.42. The molecule has 0 radical (unpaired) electrons. The van der Waals surface area contributed by atoms with Crippen molar-refractivity contribution in [3.05, 3.63) is 24.3 Å². The van der Waals surface area contributed by atoms with E-state index in [4.69, 9.17) is 10.5 Å². The Balaban J connectivity index is 1.86. The third kappa shape index (κ3) is 3.95. The van der Waals surface area contributed by atoms with Gasteiger partial charge in [0.1, 0.15) is 5.75 Å². The number of methoxy groups -OCH3 is 1. The number of nitrogens with two attached hydrogens (primary N) is 1. The van der Waals surface area contributed by atoms with Crippen LogP contribution in [0, 0.1) is 5.92 Å². The minimum Gasteiger partial charge on any atom is -0.497 e. The zero-order valence-electron chi connectivity index (χ0n) is 12.1. The Labute approximate surface area is 120 Å². The van der Waals surface area contributed by atoms with Gasteiger partial charge in [0.2, 0.25) is 5.91 Å². The molecule has 0 aliphatic carbocycles. The number of amides is 1. The maximum absolute atomic E-state index is 12.0. The largest absolute Gasteiger partial charge is 0.497 e. The van der Waals surface area contributed by atoms with Crippen molar-refractivity contribution >= 4 is 11.6 Å². The first-order valence-electron chi connectivity index (χ1n) is 7.00. The zero-order chi connectivity index (χ0) is 14.5. The van der Waals surface area contributed by atoms with Crippen molar-refractivity contribution in [3.8, 4) is 5.75 Å². The maximum Gasteiger partial charge on any atom is 0.238 e. The highest BCUT2D eigenvalue weighted by Gasteiger charge is 2.24. The fraction of sp³-hybridized carbons (Fsp3) is 0.533. The van der Waals surface area contributed by atoms with Crippen LogP contribution < -0.4 is 15.8 Å². The molecular weight excluding hydrogens is 254 g/mol. The zero-order valence-corrected chi connectivity index (χ0v) is 12.1. The van der Waals surface area contributed by atoms with Gasteiger partial charge in [-0.3, -0.25) is 9.69 Å². The molecule has 3 N–H and O–H groups in total. The molecule has 0 saturated carbocycles. The van der Waals surface area contributed by atoms with Crippen LogP contribution in [0.5, 0.6) is 5.75 Å². The molecule has 0 bridgehead atoms. The number of hydrogen-bond donors (Lipinski definition) is 2. The van der Waals surface area contributed by atoms with Crippen molar-refractivity contribution in [3.63, 3.8) is 0 Å². The monoisotopic (exact) mass is 277 g/mol. The van der Waals surface area contributed by atoms with Gasteiger partial charge in [-0.25, -0.2) is 0 Å². The fourth-order valence-electron chi connectivity index (χ4n) is 2.42. The Hall–Kier alpha value is -1.59. The van der Waals surface area contributed by atoms with Crippen LogP contribution in [0.3, 0.4) is 0 Å². The highest BCUT2D eigenvalue weighted by molar-refractivity contribution is 5.92. The summed E-state index contributed by atoms with van der Waals surface area (Å²) in [4.78, 5) is 14.1. The first-order chi connectivity index (χ1) is 9.58. The molecule has 2 atom stereocenters. The van der Waals surface area contributed by atoms with Gasteiger partial charge >= 0.3 is 0 Å². The Morgan fingerprint density at radius 2 is 2.35 bits per heavy atom. The number of likely N-dealkylation sites (tertiary alicyclic amines) is 1. The molecular formula is C15H23N3O2. The lowest BCUT2D eigenvalue weighted by atomic mass is 9.94. The van der Waals surface area contributed by atoms with Gasteiger partial charge in [0.25, 0.3) is 0 Å². The predicted molar refractivity (Wildman–Crippen MR) is 79.8 cm³/mol. The normalized spacial score (nSPS) is 23.4. The molecule has 1 aromatic rings. The number of carbonyl (C=O) groups is 1. The van der Waals surface area contributed by atoms with Gasteiger partial charge in [0.15, 0.2) is 0 Å². The lowest BCUT2D eigenvalue weighted by Gasteiger charge is -2.34. The third-order valence-electron chi connectivity index (χ3n) is 3.82. The van der Waals surface area contributed by atoms with Crippen LogP contribution in [0.2, 0.25) is 0 Å². The lowest BCUT2D eigenvalue weighted by Crippen LogP contribution is -2.49. The van der Waals surface area contributed by atoms with Gasteiger partial charge in [0.05, 0.1) is 13.7 Å². The summed E-state index contributed by atoms with van der Waals surface area (Å²) in [6.45, 7) is 4.27. The first kappa shape index (κ1) is 14.8. The molecule has 20 heavy (non-hydrogen) atoms. The van der Waals surface area contributed by atoms with Gasteiger partial charge in [-0.15, -0.1) is 0 Å². The Kier molecular flexibility index (Phi) is 4.98. The van der Waals surface area contributed by atoms with E-state index in [1.165, 1.54) is 0 Å². The van der Waals surface area contributed by atoms with E-state index in [0.29, 0.717) is 12.5 Å². The maximum atomic E-state index is 12.0. The van der Waals surface area contributed by atoms with Crippen molar-refractivity contribution in [1.29, 1.82) is 0 Å². The van der Waals surface area contributed by atoms with Crippen LogP contribution in [-0.2, 0) is 4.79 Å². The highest BCUT2D eigenvalue weighted by Crippen LogP contribution is 2.18. The van der Waals surface area contributed by atoms with Crippen LogP contribution in [0.15, 0.2) is 24.3 Å². The number of rotatable bonds is 4. The van der Waals surface area contributed by atoms with Crippen LogP contribution in [0.25, 0.3) is 0 Å². The second-order valence-electron chi connectivity index (χ2n) is 5.45. The lowest BCUT2D eigenvalue weighted by molar-refractivity contribution is -0.117. The van der Waals surface area contributed by atoms with Gasteiger partial charge in [-0.1, -0.05) is 13.0 Å². The number of hydrogen-bond acceptors (Lipinski definition) is 4. The van der Waals surface area contributed by atoms with E-state index in [1.807, 2.05) is 24.3 Å². The van der Waals surface area contributed by atoms with Crippen molar-refractivity contribution in [1.82, 2.24) is 4.90 Å². The number of carbonyl (C=O) groups excluding carboxylic acids is 1. The Morgan fingerprint density at radius 3 is 3.05 bits per heavy atom. The first-order valence-corrected chi connectivity index (χ1v) is 7.00. The summed E-state index contributed by atoms with van der Waals surface area (Å²) in [7, 11) is 1.61. The second kappa shape index (κ2) is 6.72. The Bertz CT molecular complexity index is 464. The predicted octanol–water partition coefficient (Wildman–Crippen LogP) is 1.30. The minimum atomic E-state index is -0.0139. The van der Waals surface area contributed by atoms with E-state index in [0.717, 1.165) is 30.9 Å². The van der Waals surface area contributed by atoms with E-state index in [-0.39, 0.29) is 11.9 Å². The van der Waals surface area contributed by atoms with E-state index < -0.39 is 0 Å².